The number of hydrogen-bond donors (Lipinski definition) is 2. The van der Waals surface area contributed by atoms with Gasteiger partial charge in [0.2, 0.25) is 10.0 Å². The summed E-state index contributed by atoms with van der Waals surface area (Å²) in [5, 5.41) is 9.53. The minimum Gasteiger partial charge on any atom is -0.478 e. The Labute approximate surface area is 155 Å². The number of nitrogens with zero attached hydrogens (tertiary/aromatic N) is 2. The molecule has 0 aliphatic heterocycles. The molecule has 140 valence electrons. The van der Waals surface area contributed by atoms with E-state index >= 15 is 0 Å². The lowest BCUT2D eigenvalue weighted by molar-refractivity contribution is 0.0696. The van der Waals surface area contributed by atoms with E-state index in [0.717, 1.165) is 10.4 Å². The van der Waals surface area contributed by atoms with Gasteiger partial charge in [0.1, 0.15) is 5.82 Å². The topological polar surface area (TPSA) is 120 Å². The molecule has 2 N–H and O–H groups in total. The lowest BCUT2D eigenvalue weighted by atomic mass is 10.1. The first-order chi connectivity index (χ1) is 12.7. The first kappa shape index (κ1) is 18.7. The molecule has 9 heteroatoms. The van der Waals surface area contributed by atoms with Gasteiger partial charge < -0.3 is 10.1 Å². The standard InChI is InChI=1S/C18H17N3O5S/c1-11-7-8-12(18(23)24)9-15(11)27(25,26)21(2)10-16-19-14-6-4-3-5-13(14)17(22)20-16/h3-9H,10H2,1-2H3,(H,23,24)(H,19,20,22). The first-order valence-electron chi connectivity index (χ1n) is 7.98. The van der Waals surface area contributed by atoms with Crippen LogP contribution in [0.1, 0.15) is 21.7 Å². The maximum Gasteiger partial charge on any atom is 0.335 e. The van der Waals surface area contributed by atoms with Crippen LogP contribution in [0.15, 0.2) is 52.2 Å². The number of benzene rings is 2. The maximum absolute atomic E-state index is 12.9. The molecule has 1 aromatic heterocycles. The number of nitrogens with one attached hydrogen (secondary N) is 1. The number of para-hydroxylation sites is 1. The van der Waals surface area contributed by atoms with Gasteiger partial charge in [-0.1, -0.05) is 18.2 Å². The predicted molar refractivity (Wildman–Crippen MR) is 99.2 cm³/mol. The molecule has 3 rings (SSSR count). The summed E-state index contributed by atoms with van der Waals surface area (Å²) < 4.78 is 26.8. The van der Waals surface area contributed by atoms with Gasteiger partial charge in [-0.25, -0.2) is 18.2 Å². The minimum absolute atomic E-state index is 0.104. The van der Waals surface area contributed by atoms with Crippen molar-refractivity contribution in [2.75, 3.05) is 7.05 Å². The number of fused-ring (bicyclic) bond motifs is 1. The molecular formula is C18H17N3O5S. The highest BCUT2D eigenvalue weighted by Crippen LogP contribution is 2.21. The second-order valence-electron chi connectivity index (χ2n) is 6.08. The van der Waals surface area contributed by atoms with Crippen molar-refractivity contribution in [3.05, 3.63) is 69.8 Å². The van der Waals surface area contributed by atoms with Crippen molar-refractivity contribution >= 4 is 26.9 Å². The zero-order valence-electron chi connectivity index (χ0n) is 14.6. The Morgan fingerprint density at radius 3 is 2.63 bits per heavy atom. The SMILES string of the molecule is Cc1ccc(C(=O)O)cc1S(=O)(=O)N(C)Cc1nc2ccccc2c(=O)[nH]1. The number of H-pyrrole nitrogens is 1. The van der Waals surface area contributed by atoms with Crippen molar-refractivity contribution < 1.29 is 18.3 Å². The van der Waals surface area contributed by atoms with Crippen LogP contribution in [0.5, 0.6) is 0 Å². The van der Waals surface area contributed by atoms with Gasteiger partial charge in [-0.05, 0) is 36.8 Å². The summed E-state index contributed by atoms with van der Waals surface area (Å²) in [6, 6.07) is 10.7. The molecule has 0 saturated carbocycles. The van der Waals surface area contributed by atoms with Crippen molar-refractivity contribution in [3.8, 4) is 0 Å². The number of aromatic amines is 1. The fourth-order valence-electron chi connectivity index (χ4n) is 2.68. The summed E-state index contributed by atoms with van der Waals surface area (Å²) in [4.78, 5) is 30.1. The van der Waals surface area contributed by atoms with Gasteiger partial charge >= 0.3 is 5.97 Å². The largest absolute Gasteiger partial charge is 0.478 e. The molecule has 2 aromatic carbocycles. The van der Waals surface area contributed by atoms with Crippen LogP contribution in [-0.2, 0) is 16.6 Å². The first-order valence-corrected chi connectivity index (χ1v) is 9.42. The third kappa shape index (κ3) is 3.60. The van der Waals surface area contributed by atoms with Gasteiger partial charge in [-0.2, -0.15) is 4.31 Å². The van der Waals surface area contributed by atoms with Crippen LogP contribution in [0, 0.1) is 6.92 Å². The van der Waals surface area contributed by atoms with E-state index in [1.807, 2.05) is 0 Å². The fourth-order valence-corrected chi connectivity index (χ4v) is 4.06. The van der Waals surface area contributed by atoms with Crippen molar-refractivity contribution in [2.45, 2.75) is 18.4 Å². The molecule has 0 atom stereocenters. The van der Waals surface area contributed by atoms with Crippen LogP contribution in [0.3, 0.4) is 0 Å². The second kappa shape index (κ2) is 6.93. The van der Waals surface area contributed by atoms with Crippen molar-refractivity contribution in [1.29, 1.82) is 0 Å². The van der Waals surface area contributed by atoms with E-state index in [4.69, 9.17) is 5.11 Å². The summed E-state index contributed by atoms with van der Waals surface area (Å²) in [6.45, 7) is 1.42. The second-order valence-corrected chi connectivity index (χ2v) is 8.09. The number of aromatic carboxylic acids is 1. The number of aromatic nitrogens is 2. The molecule has 3 aromatic rings. The van der Waals surface area contributed by atoms with Crippen molar-refractivity contribution in [3.63, 3.8) is 0 Å². The highest BCUT2D eigenvalue weighted by molar-refractivity contribution is 7.89. The Morgan fingerprint density at radius 1 is 1.22 bits per heavy atom. The molecular weight excluding hydrogens is 370 g/mol. The van der Waals surface area contributed by atoms with E-state index in [1.165, 1.54) is 19.2 Å². The summed E-state index contributed by atoms with van der Waals surface area (Å²) in [5.74, 6) is -1.02. The smallest absolute Gasteiger partial charge is 0.335 e. The van der Waals surface area contributed by atoms with Crippen molar-refractivity contribution in [1.82, 2.24) is 14.3 Å². The molecule has 27 heavy (non-hydrogen) atoms. The quantitative estimate of drug-likeness (QED) is 0.688. The zero-order chi connectivity index (χ0) is 19.8. The summed E-state index contributed by atoms with van der Waals surface area (Å²) in [7, 11) is -2.64. The summed E-state index contributed by atoms with van der Waals surface area (Å²) in [5.41, 5.74) is 0.410. The Kier molecular flexibility index (Phi) is 4.81. The van der Waals surface area contributed by atoms with E-state index < -0.39 is 16.0 Å². The Hall–Kier alpha value is -3.04. The van der Waals surface area contributed by atoms with Crippen LogP contribution in [0.4, 0.5) is 0 Å². The molecule has 0 saturated heterocycles. The van der Waals surface area contributed by atoms with E-state index in [1.54, 1.807) is 31.2 Å². The minimum atomic E-state index is -3.98. The molecule has 0 fully saturated rings. The molecule has 8 nitrogen and oxygen atoms in total. The van der Waals surface area contributed by atoms with E-state index in [0.29, 0.717) is 16.5 Å². The zero-order valence-corrected chi connectivity index (χ0v) is 15.4. The van der Waals surface area contributed by atoms with Gasteiger partial charge in [0.15, 0.2) is 0 Å². The van der Waals surface area contributed by atoms with E-state index in [9.17, 15) is 18.0 Å². The normalized spacial score (nSPS) is 11.8. The molecule has 0 unspecified atom stereocenters. The number of rotatable bonds is 5. The highest BCUT2D eigenvalue weighted by atomic mass is 32.2. The van der Waals surface area contributed by atoms with Gasteiger partial charge in [0.25, 0.3) is 5.56 Å². The third-order valence-corrected chi connectivity index (χ3v) is 6.10. The fraction of sp³-hybridized carbons (Fsp3) is 0.167. The van der Waals surface area contributed by atoms with Crippen LogP contribution < -0.4 is 5.56 Å². The van der Waals surface area contributed by atoms with Crippen LogP contribution in [-0.4, -0.2) is 40.8 Å². The van der Waals surface area contributed by atoms with E-state index in [-0.39, 0.29) is 28.4 Å². The summed E-state index contributed by atoms with van der Waals surface area (Å²) >= 11 is 0. The highest BCUT2D eigenvalue weighted by Gasteiger charge is 2.25. The number of sulfonamides is 1. The van der Waals surface area contributed by atoms with Gasteiger partial charge in [0.05, 0.1) is 27.9 Å². The lowest BCUT2D eigenvalue weighted by Crippen LogP contribution is -2.29. The number of aryl methyl sites for hydroxylation is 1. The van der Waals surface area contributed by atoms with Crippen LogP contribution in [0.2, 0.25) is 0 Å². The van der Waals surface area contributed by atoms with Crippen LogP contribution in [0.25, 0.3) is 10.9 Å². The third-order valence-electron chi connectivity index (χ3n) is 4.16. The van der Waals surface area contributed by atoms with Crippen LogP contribution >= 0.6 is 0 Å². The van der Waals surface area contributed by atoms with E-state index in [2.05, 4.69) is 9.97 Å². The van der Waals surface area contributed by atoms with Gasteiger partial charge in [-0.15, -0.1) is 0 Å². The molecule has 1 heterocycles. The molecule has 0 aliphatic carbocycles. The number of carboxylic acid groups (broad SMARTS) is 1. The average molecular weight is 387 g/mol. The van der Waals surface area contributed by atoms with Crippen molar-refractivity contribution in [2.24, 2.45) is 0 Å². The molecule has 0 radical (unpaired) electrons. The predicted octanol–water partition coefficient (Wildman–Crippen LogP) is 1.75. The number of carbonyl (C=O) groups is 1. The number of carboxylic acids is 1. The van der Waals surface area contributed by atoms with Gasteiger partial charge in [-0.3, -0.25) is 4.79 Å². The number of hydrogen-bond acceptors (Lipinski definition) is 5. The monoisotopic (exact) mass is 387 g/mol. The maximum atomic E-state index is 12.9. The molecule has 0 bridgehead atoms. The molecule has 0 spiro atoms. The molecule has 0 amide bonds. The average Bonchev–Trinajstić information content (AvgIpc) is 2.61. The Balaban J connectivity index is 1.98. The van der Waals surface area contributed by atoms with Gasteiger partial charge in [0, 0.05) is 7.05 Å². The Morgan fingerprint density at radius 2 is 1.93 bits per heavy atom. The summed E-state index contributed by atoms with van der Waals surface area (Å²) in [6.07, 6.45) is 0. The molecule has 0 aliphatic rings. The lowest BCUT2D eigenvalue weighted by Gasteiger charge is -2.18. The Bertz CT molecular complexity index is 1200.